The summed E-state index contributed by atoms with van der Waals surface area (Å²) in [6.07, 6.45) is 1.91. The highest BCUT2D eigenvalue weighted by Gasteiger charge is 2.23. The van der Waals surface area contributed by atoms with Gasteiger partial charge in [0.05, 0.1) is 0 Å². The fourth-order valence-corrected chi connectivity index (χ4v) is 0.705. The molecule has 1 aliphatic heterocycles. The van der Waals surface area contributed by atoms with Crippen LogP contribution in [0.3, 0.4) is 0 Å². The van der Waals surface area contributed by atoms with E-state index in [-0.39, 0.29) is 4.92 Å². The quantitative estimate of drug-likeness (QED) is 0.380. The van der Waals surface area contributed by atoms with Crippen molar-refractivity contribution in [2.24, 2.45) is 0 Å². The third-order valence-corrected chi connectivity index (χ3v) is 1.14. The van der Waals surface area contributed by atoms with E-state index >= 15 is 0 Å². The Morgan fingerprint density at radius 1 is 1.88 bits per heavy atom. The Kier molecular flexibility index (Phi) is 1.43. The highest BCUT2D eigenvalue weighted by molar-refractivity contribution is 4.80. The van der Waals surface area contributed by atoms with Gasteiger partial charge in [0, 0.05) is 17.9 Å². The summed E-state index contributed by atoms with van der Waals surface area (Å²) in [5.74, 6) is 0. The predicted molar refractivity (Wildman–Crippen MR) is 27.7 cm³/mol. The molecule has 1 fully saturated rings. The number of rotatable bonds is 1. The molecule has 1 rings (SSSR count). The first-order valence-corrected chi connectivity index (χ1v) is 2.49. The molecule has 0 saturated carbocycles. The highest BCUT2D eigenvalue weighted by Crippen LogP contribution is 2.02. The zero-order valence-corrected chi connectivity index (χ0v) is 4.33. The van der Waals surface area contributed by atoms with Gasteiger partial charge in [0.15, 0.2) is 0 Å². The second kappa shape index (κ2) is 2.09. The van der Waals surface area contributed by atoms with Crippen LogP contribution in [0.1, 0.15) is 6.42 Å². The van der Waals surface area contributed by atoms with Gasteiger partial charge in [0.2, 0.25) is 0 Å². The highest BCUT2D eigenvalue weighted by atomic mass is 16.6. The number of hydrogen-bond acceptors (Lipinski definition) is 3. The molecule has 0 aromatic heterocycles. The van der Waals surface area contributed by atoms with Crippen LogP contribution in [0.2, 0.25) is 0 Å². The van der Waals surface area contributed by atoms with E-state index in [1.165, 1.54) is 0 Å². The van der Waals surface area contributed by atoms with Crippen LogP contribution in [0.15, 0.2) is 0 Å². The van der Waals surface area contributed by atoms with Gasteiger partial charge in [0.25, 0.3) is 6.17 Å². The number of nitrogens with zero attached hydrogens (tertiary/aromatic N) is 1. The lowest BCUT2D eigenvalue weighted by Crippen LogP contribution is -2.29. The average Bonchev–Trinajstić information content (AvgIpc) is 2.12. The summed E-state index contributed by atoms with van der Waals surface area (Å²) < 4.78 is 0. The SMILES string of the molecule is O=[N+]([O-])C1C[CH]CN1. The molecule has 1 heterocycles. The molecule has 1 saturated heterocycles. The summed E-state index contributed by atoms with van der Waals surface area (Å²) in [6, 6.07) is 0. The number of hydrogen-bond donors (Lipinski definition) is 1. The van der Waals surface area contributed by atoms with Gasteiger partial charge in [-0.05, 0) is 6.42 Å². The normalized spacial score (nSPS) is 28.2. The molecule has 4 nitrogen and oxygen atoms in total. The molecule has 1 atom stereocenters. The van der Waals surface area contributed by atoms with Gasteiger partial charge in [0.1, 0.15) is 0 Å². The summed E-state index contributed by atoms with van der Waals surface area (Å²) in [5, 5.41) is 12.6. The van der Waals surface area contributed by atoms with E-state index in [1.54, 1.807) is 0 Å². The Bertz CT molecular complexity index is 98.2. The second-order valence-electron chi connectivity index (χ2n) is 1.73. The summed E-state index contributed by atoms with van der Waals surface area (Å²) in [6.45, 7) is 0.672. The van der Waals surface area contributed by atoms with Crippen molar-refractivity contribution in [3.8, 4) is 0 Å². The minimum atomic E-state index is -0.519. The molecular weight excluding hydrogens is 108 g/mol. The molecule has 0 aromatic carbocycles. The lowest BCUT2D eigenvalue weighted by Gasteiger charge is -1.96. The molecule has 0 aliphatic carbocycles. The van der Waals surface area contributed by atoms with Gasteiger partial charge in [-0.2, -0.15) is 0 Å². The van der Waals surface area contributed by atoms with Crippen molar-refractivity contribution in [1.29, 1.82) is 0 Å². The standard InChI is InChI=1S/C4H7N2O2/c7-6(8)4-2-1-3-5-4/h1,4-5H,2-3H2. The Morgan fingerprint density at radius 2 is 2.62 bits per heavy atom. The van der Waals surface area contributed by atoms with Crippen molar-refractivity contribution < 1.29 is 4.92 Å². The molecule has 45 valence electrons. The van der Waals surface area contributed by atoms with Gasteiger partial charge in [-0.15, -0.1) is 0 Å². The topological polar surface area (TPSA) is 55.2 Å². The van der Waals surface area contributed by atoms with Crippen LogP contribution in [0, 0.1) is 16.5 Å². The minimum absolute atomic E-state index is 0.302. The number of nitro groups is 1. The Balaban J connectivity index is 2.35. The third kappa shape index (κ3) is 0.949. The molecule has 0 aromatic rings. The summed E-state index contributed by atoms with van der Waals surface area (Å²) in [5.41, 5.74) is 0. The van der Waals surface area contributed by atoms with Crippen LogP contribution < -0.4 is 5.32 Å². The minimum Gasteiger partial charge on any atom is -0.263 e. The Morgan fingerprint density at radius 3 is 2.88 bits per heavy atom. The van der Waals surface area contributed by atoms with E-state index in [2.05, 4.69) is 5.32 Å². The zero-order chi connectivity index (χ0) is 5.98. The van der Waals surface area contributed by atoms with E-state index in [4.69, 9.17) is 0 Å². The van der Waals surface area contributed by atoms with Crippen molar-refractivity contribution in [2.45, 2.75) is 12.6 Å². The Hall–Kier alpha value is -0.640. The molecule has 0 spiro atoms. The Labute approximate surface area is 47.0 Å². The van der Waals surface area contributed by atoms with Gasteiger partial charge < -0.3 is 0 Å². The fraction of sp³-hybridized carbons (Fsp3) is 0.750. The van der Waals surface area contributed by atoms with Crippen LogP contribution in [-0.4, -0.2) is 17.6 Å². The molecule has 0 amide bonds. The first-order valence-electron chi connectivity index (χ1n) is 2.49. The smallest absolute Gasteiger partial charge is 0.263 e. The summed E-state index contributed by atoms with van der Waals surface area (Å²) in [7, 11) is 0. The monoisotopic (exact) mass is 115 g/mol. The van der Waals surface area contributed by atoms with E-state index in [0.29, 0.717) is 13.0 Å². The zero-order valence-electron chi connectivity index (χ0n) is 4.33. The van der Waals surface area contributed by atoms with Crippen LogP contribution in [0.4, 0.5) is 0 Å². The van der Waals surface area contributed by atoms with Gasteiger partial charge >= 0.3 is 0 Å². The summed E-state index contributed by atoms with van der Waals surface area (Å²) >= 11 is 0. The average molecular weight is 115 g/mol. The predicted octanol–water partition coefficient (Wildman–Crippen LogP) is -0.213. The molecule has 4 heteroatoms. The molecule has 1 N–H and O–H groups in total. The molecular formula is C4H7N2O2. The summed E-state index contributed by atoms with van der Waals surface area (Å²) in [4.78, 5) is 9.62. The maximum Gasteiger partial charge on any atom is 0.266 e. The van der Waals surface area contributed by atoms with Gasteiger partial charge in [-0.1, -0.05) is 0 Å². The van der Waals surface area contributed by atoms with E-state index < -0.39 is 6.17 Å². The molecule has 1 unspecified atom stereocenters. The van der Waals surface area contributed by atoms with E-state index in [9.17, 15) is 10.1 Å². The molecule has 0 bridgehead atoms. The van der Waals surface area contributed by atoms with Crippen molar-refractivity contribution in [3.05, 3.63) is 16.5 Å². The van der Waals surface area contributed by atoms with Gasteiger partial charge in [-0.25, -0.2) is 0 Å². The largest absolute Gasteiger partial charge is 0.266 e. The lowest BCUT2D eigenvalue weighted by atomic mass is 10.3. The van der Waals surface area contributed by atoms with Crippen molar-refractivity contribution in [3.63, 3.8) is 0 Å². The first-order chi connectivity index (χ1) is 3.80. The lowest BCUT2D eigenvalue weighted by molar-refractivity contribution is -0.525. The van der Waals surface area contributed by atoms with E-state index in [0.717, 1.165) is 0 Å². The first kappa shape index (κ1) is 5.50. The van der Waals surface area contributed by atoms with Crippen LogP contribution in [-0.2, 0) is 0 Å². The second-order valence-corrected chi connectivity index (χ2v) is 1.73. The fourth-order valence-electron chi connectivity index (χ4n) is 0.705. The van der Waals surface area contributed by atoms with Crippen molar-refractivity contribution >= 4 is 0 Å². The van der Waals surface area contributed by atoms with Crippen molar-refractivity contribution in [2.75, 3.05) is 6.54 Å². The maximum atomic E-state index is 9.92. The molecule has 1 radical (unpaired) electrons. The third-order valence-electron chi connectivity index (χ3n) is 1.14. The van der Waals surface area contributed by atoms with Crippen LogP contribution in [0.25, 0.3) is 0 Å². The van der Waals surface area contributed by atoms with Crippen LogP contribution in [0.5, 0.6) is 0 Å². The van der Waals surface area contributed by atoms with Crippen LogP contribution >= 0.6 is 0 Å². The van der Waals surface area contributed by atoms with E-state index in [1.807, 2.05) is 6.42 Å². The molecule has 1 aliphatic rings. The van der Waals surface area contributed by atoms with Crippen molar-refractivity contribution in [1.82, 2.24) is 5.32 Å². The maximum absolute atomic E-state index is 9.92. The number of nitrogens with one attached hydrogen (secondary N) is 1. The molecule has 8 heavy (non-hydrogen) atoms. The van der Waals surface area contributed by atoms with Gasteiger partial charge in [-0.3, -0.25) is 15.4 Å².